The second-order valence-electron chi connectivity index (χ2n) is 7.32. The summed E-state index contributed by atoms with van der Waals surface area (Å²) in [5, 5.41) is 6.30. The van der Waals surface area contributed by atoms with Crippen molar-refractivity contribution in [1.82, 2.24) is 15.5 Å². The number of nitrogens with zero attached hydrogens (tertiary/aromatic N) is 2. The number of hydrogen-bond donors (Lipinski definition) is 2. The van der Waals surface area contributed by atoms with E-state index in [2.05, 4.69) is 15.6 Å². The Kier molecular flexibility index (Phi) is 8.31. The Balaban J connectivity index is 2.06. The van der Waals surface area contributed by atoms with Crippen molar-refractivity contribution in [1.29, 1.82) is 0 Å². The van der Waals surface area contributed by atoms with E-state index in [1.165, 1.54) is 30.3 Å². The van der Waals surface area contributed by atoms with Gasteiger partial charge in [-0.2, -0.15) is 0 Å². The van der Waals surface area contributed by atoms with Crippen LogP contribution in [0.4, 0.5) is 8.78 Å². The summed E-state index contributed by atoms with van der Waals surface area (Å²) in [6.45, 7) is 0.711. The first-order valence-electron chi connectivity index (χ1n) is 9.40. The fourth-order valence-corrected chi connectivity index (χ4v) is 3.91. The quantitative estimate of drug-likeness (QED) is 0.489. The number of likely N-dealkylation sites (N-methyl/N-ethyl adjacent to an activating group) is 1. The molecule has 0 saturated carbocycles. The van der Waals surface area contributed by atoms with E-state index in [0.717, 1.165) is 11.8 Å². The van der Waals surface area contributed by atoms with E-state index in [0.29, 0.717) is 23.6 Å². The molecule has 0 saturated heterocycles. The number of benzene rings is 2. The second kappa shape index (κ2) is 10.5. The van der Waals surface area contributed by atoms with Gasteiger partial charge < -0.3 is 15.5 Å². The first kappa shape index (κ1) is 23.8. The van der Waals surface area contributed by atoms with Crippen LogP contribution in [0.1, 0.15) is 22.7 Å². The minimum Gasteiger partial charge on any atom is -0.354 e. The van der Waals surface area contributed by atoms with E-state index in [-0.39, 0.29) is 24.2 Å². The summed E-state index contributed by atoms with van der Waals surface area (Å²) in [5.74, 6) is -0.403. The first-order valence-corrected chi connectivity index (χ1v) is 11.5. The van der Waals surface area contributed by atoms with Crippen LogP contribution >= 0.6 is 0 Å². The van der Waals surface area contributed by atoms with Crippen LogP contribution in [-0.4, -0.2) is 53.2 Å². The van der Waals surface area contributed by atoms with Gasteiger partial charge in [0.15, 0.2) is 15.8 Å². The van der Waals surface area contributed by atoms with Crippen molar-refractivity contribution in [2.75, 3.05) is 33.9 Å². The van der Waals surface area contributed by atoms with Crippen molar-refractivity contribution in [3.05, 3.63) is 70.8 Å². The number of rotatable bonds is 8. The molecule has 2 aromatic rings. The molecule has 0 amide bonds. The first-order chi connectivity index (χ1) is 14.1. The Morgan fingerprint density at radius 2 is 1.67 bits per heavy atom. The third-order valence-electron chi connectivity index (χ3n) is 4.60. The second-order valence-corrected chi connectivity index (χ2v) is 9.46. The lowest BCUT2D eigenvalue weighted by atomic mass is 10.1. The summed E-state index contributed by atoms with van der Waals surface area (Å²) in [7, 11) is 2.22. The molecule has 0 spiro atoms. The maximum atomic E-state index is 13.7. The topological polar surface area (TPSA) is 73.8 Å². The fourth-order valence-electron chi connectivity index (χ4n) is 3.06. The molecular weight excluding hydrogens is 410 g/mol. The molecular formula is C21H28F2N4O2S. The standard InChI is InChI=1S/C21H28F2N4O2S/c1-24-21(26-13-20(27(2)3)15-5-8-18(22)9-6-15)25-12-17-11-19(23)10-7-16(17)14-30(4,28)29/h5-11,20H,12-14H2,1-4H3,(H2,24,25,26). The third-order valence-corrected chi connectivity index (χ3v) is 5.43. The summed E-state index contributed by atoms with van der Waals surface area (Å²) in [4.78, 5) is 6.18. The molecule has 0 aliphatic heterocycles. The number of sulfone groups is 1. The summed E-state index contributed by atoms with van der Waals surface area (Å²) in [5.41, 5.74) is 2.04. The minimum absolute atomic E-state index is 0.0286. The van der Waals surface area contributed by atoms with Gasteiger partial charge in [-0.1, -0.05) is 18.2 Å². The van der Waals surface area contributed by atoms with Crippen LogP contribution in [0.15, 0.2) is 47.5 Å². The van der Waals surface area contributed by atoms with Crippen LogP contribution in [-0.2, 0) is 22.1 Å². The number of aliphatic imine (C=N–C) groups is 1. The highest BCUT2D eigenvalue weighted by molar-refractivity contribution is 7.89. The van der Waals surface area contributed by atoms with Crippen molar-refractivity contribution >= 4 is 15.8 Å². The van der Waals surface area contributed by atoms with Gasteiger partial charge in [0.05, 0.1) is 11.8 Å². The minimum atomic E-state index is -3.25. The number of guanidine groups is 1. The molecule has 0 radical (unpaired) electrons. The zero-order valence-corrected chi connectivity index (χ0v) is 18.4. The van der Waals surface area contributed by atoms with Crippen LogP contribution in [0.3, 0.4) is 0 Å². The SMILES string of the molecule is CN=C(NCc1cc(F)ccc1CS(C)(=O)=O)NCC(c1ccc(F)cc1)N(C)C. The number of halogens is 2. The average Bonchev–Trinajstić information content (AvgIpc) is 2.66. The predicted octanol–water partition coefficient (Wildman–Crippen LogP) is 2.48. The molecule has 0 aliphatic carbocycles. The molecule has 0 heterocycles. The van der Waals surface area contributed by atoms with E-state index >= 15 is 0 Å². The molecule has 2 aromatic carbocycles. The van der Waals surface area contributed by atoms with Gasteiger partial charge in [0.1, 0.15) is 11.6 Å². The van der Waals surface area contributed by atoms with Crippen LogP contribution < -0.4 is 10.6 Å². The van der Waals surface area contributed by atoms with Gasteiger partial charge in [0, 0.05) is 26.4 Å². The number of hydrogen-bond acceptors (Lipinski definition) is 4. The third kappa shape index (κ3) is 7.38. The molecule has 2 rings (SSSR count). The predicted molar refractivity (Wildman–Crippen MR) is 116 cm³/mol. The van der Waals surface area contributed by atoms with Gasteiger partial charge in [-0.25, -0.2) is 17.2 Å². The van der Waals surface area contributed by atoms with E-state index < -0.39 is 15.7 Å². The highest BCUT2D eigenvalue weighted by Gasteiger charge is 2.15. The molecule has 2 N–H and O–H groups in total. The molecule has 1 unspecified atom stereocenters. The van der Waals surface area contributed by atoms with E-state index in [1.807, 2.05) is 19.0 Å². The Morgan fingerprint density at radius 1 is 1.03 bits per heavy atom. The molecule has 1 atom stereocenters. The summed E-state index contributed by atoms with van der Waals surface area (Å²) >= 11 is 0. The maximum Gasteiger partial charge on any atom is 0.191 e. The van der Waals surface area contributed by atoms with Gasteiger partial charge in [0.25, 0.3) is 0 Å². The molecule has 6 nitrogen and oxygen atoms in total. The van der Waals surface area contributed by atoms with E-state index in [4.69, 9.17) is 0 Å². The summed E-state index contributed by atoms with van der Waals surface area (Å²) in [6.07, 6.45) is 1.14. The highest BCUT2D eigenvalue weighted by atomic mass is 32.2. The molecule has 0 aliphatic rings. The van der Waals surface area contributed by atoms with Crippen molar-refractivity contribution in [2.24, 2.45) is 4.99 Å². The normalized spacial score (nSPS) is 13.4. The van der Waals surface area contributed by atoms with Gasteiger partial charge >= 0.3 is 0 Å². The van der Waals surface area contributed by atoms with Crippen LogP contribution in [0.5, 0.6) is 0 Å². The average molecular weight is 439 g/mol. The van der Waals surface area contributed by atoms with Gasteiger partial charge in [-0.15, -0.1) is 0 Å². The monoisotopic (exact) mass is 438 g/mol. The maximum absolute atomic E-state index is 13.7. The van der Waals surface area contributed by atoms with Crippen LogP contribution in [0.2, 0.25) is 0 Å². The van der Waals surface area contributed by atoms with Gasteiger partial charge in [-0.05, 0) is 55.1 Å². The van der Waals surface area contributed by atoms with Gasteiger partial charge in [-0.3, -0.25) is 4.99 Å². The molecule has 9 heteroatoms. The van der Waals surface area contributed by atoms with Crippen molar-refractivity contribution in [3.63, 3.8) is 0 Å². The lowest BCUT2D eigenvalue weighted by Gasteiger charge is -2.26. The van der Waals surface area contributed by atoms with Crippen molar-refractivity contribution < 1.29 is 17.2 Å². The van der Waals surface area contributed by atoms with E-state index in [1.54, 1.807) is 19.2 Å². The Hall–Kier alpha value is -2.52. The summed E-state index contributed by atoms with van der Waals surface area (Å²) < 4.78 is 50.2. The van der Waals surface area contributed by atoms with Crippen molar-refractivity contribution in [3.8, 4) is 0 Å². The van der Waals surface area contributed by atoms with Crippen LogP contribution in [0, 0.1) is 11.6 Å². The lowest BCUT2D eigenvalue weighted by molar-refractivity contribution is 0.298. The largest absolute Gasteiger partial charge is 0.354 e. The molecule has 0 bridgehead atoms. The molecule has 0 fully saturated rings. The Labute approximate surface area is 176 Å². The molecule has 0 aromatic heterocycles. The fraction of sp³-hybridized carbons (Fsp3) is 0.381. The molecule has 164 valence electrons. The van der Waals surface area contributed by atoms with Gasteiger partial charge in [0.2, 0.25) is 0 Å². The smallest absolute Gasteiger partial charge is 0.191 e. The Bertz CT molecular complexity index is 977. The summed E-state index contributed by atoms with van der Waals surface area (Å²) in [6, 6.07) is 10.4. The van der Waals surface area contributed by atoms with E-state index in [9.17, 15) is 17.2 Å². The zero-order chi connectivity index (χ0) is 22.3. The lowest BCUT2D eigenvalue weighted by Crippen LogP contribution is -2.41. The Morgan fingerprint density at radius 3 is 2.23 bits per heavy atom. The number of nitrogens with one attached hydrogen (secondary N) is 2. The van der Waals surface area contributed by atoms with Crippen molar-refractivity contribution in [2.45, 2.75) is 18.3 Å². The highest BCUT2D eigenvalue weighted by Crippen LogP contribution is 2.18. The zero-order valence-electron chi connectivity index (χ0n) is 17.6. The van der Waals surface area contributed by atoms with Crippen LogP contribution in [0.25, 0.3) is 0 Å². The molecule has 30 heavy (non-hydrogen) atoms.